The molecule has 0 atom stereocenters. The summed E-state index contributed by atoms with van der Waals surface area (Å²) in [6.07, 6.45) is 1.38. The average Bonchev–Trinajstić information content (AvgIpc) is 3.46. The summed E-state index contributed by atoms with van der Waals surface area (Å²) in [5.74, 6) is -0.772. The Morgan fingerprint density at radius 2 is 1.59 bits per heavy atom. The normalized spacial score (nSPS) is 11.2. The Labute approximate surface area is 214 Å². The lowest BCUT2D eigenvalue weighted by molar-refractivity contribution is 0.0954. The molecular weight excluding hydrogens is 472 g/mol. The summed E-state index contributed by atoms with van der Waals surface area (Å²) in [5, 5.41) is 28.7. The zero-order chi connectivity index (χ0) is 26.7. The first kappa shape index (κ1) is 25.7. The fourth-order valence-corrected chi connectivity index (χ4v) is 4.47. The molecule has 4 aromatic rings. The maximum Gasteiger partial charge on any atom is 0.251 e. The predicted octanol–water partition coefficient (Wildman–Crippen LogP) is 5.13. The van der Waals surface area contributed by atoms with Gasteiger partial charge in [-0.3, -0.25) is 14.2 Å². The second-order valence-corrected chi connectivity index (χ2v) is 8.73. The van der Waals surface area contributed by atoms with E-state index in [0.717, 1.165) is 5.56 Å². The number of ketones is 1. The minimum Gasteiger partial charge on any atom is -0.503 e. The molecule has 9 heteroatoms. The molecule has 192 valence electrons. The molecule has 0 saturated carbocycles. The van der Waals surface area contributed by atoms with Gasteiger partial charge in [0.05, 0.1) is 5.56 Å². The van der Waals surface area contributed by atoms with Crippen molar-refractivity contribution in [3.63, 3.8) is 0 Å². The van der Waals surface area contributed by atoms with Gasteiger partial charge in [0.25, 0.3) is 5.91 Å². The van der Waals surface area contributed by atoms with E-state index in [-0.39, 0.29) is 17.4 Å². The standard InChI is InChI=1S/C28H30N4O5/c1-5-17(6-2)23-22(24(33)18-8-10-20(11-9-18)27(35)29-7-3)25(34)28(36)32(23)21-14-12-19(13-15-21)26-30-16(4)37-31-26/h8-15,17,34,36H,5-7H2,1-4H3,(H,29,35). The van der Waals surface area contributed by atoms with Gasteiger partial charge in [-0.25, -0.2) is 0 Å². The number of nitrogens with zero attached hydrogens (tertiary/aromatic N) is 3. The average molecular weight is 503 g/mol. The van der Waals surface area contributed by atoms with Crippen LogP contribution >= 0.6 is 0 Å². The number of aryl methyl sites for hydroxylation is 1. The number of hydrogen-bond acceptors (Lipinski definition) is 7. The zero-order valence-electron chi connectivity index (χ0n) is 21.3. The summed E-state index contributed by atoms with van der Waals surface area (Å²) in [7, 11) is 0. The van der Waals surface area contributed by atoms with Gasteiger partial charge in [0.2, 0.25) is 17.6 Å². The molecule has 2 aromatic carbocycles. The highest BCUT2D eigenvalue weighted by molar-refractivity contribution is 6.12. The Morgan fingerprint density at radius 3 is 2.14 bits per heavy atom. The third kappa shape index (κ3) is 4.84. The quantitative estimate of drug-likeness (QED) is 0.270. The van der Waals surface area contributed by atoms with Gasteiger partial charge < -0.3 is 20.1 Å². The molecule has 0 aliphatic carbocycles. The molecule has 0 aliphatic rings. The number of aromatic hydroxyl groups is 2. The summed E-state index contributed by atoms with van der Waals surface area (Å²) in [5.41, 5.74) is 2.61. The summed E-state index contributed by atoms with van der Waals surface area (Å²) in [6, 6.07) is 13.4. The summed E-state index contributed by atoms with van der Waals surface area (Å²) in [4.78, 5) is 30.0. The topological polar surface area (TPSA) is 130 Å². The molecule has 3 N–H and O–H groups in total. The van der Waals surface area contributed by atoms with Gasteiger partial charge in [-0.1, -0.05) is 31.1 Å². The number of carbonyl (C=O) groups excluding carboxylic acids is 2. The van der Waals surface area contributed by atoms with Gasteiger partial charge in [-0.2, -0.15) is 4.98 Å². The molecule has 0 saturated heterocycles. The van der Waals surface area contributed by atoms with E-state index in [2.05, 4.69) is 15.5 Å². The number of amides is 1. The van der Waals surface area contributed by atoms with Crippen molar-refractivity contribution in [2.24, 2.45) is 0 Å². The number of aromatic nitrogens is 3. The van der Waals surface area contributed by atoms with E-state index < -0.39 is 17.4 Å². The third-order valence-corrected chi connectivity index (χ3v) is 6.41. The first-order valence-corrected chi connectivity index (χ1v) is 12.3. The van der Waals surface area contributed by atoms with Crippen molar-refractivity contribution in [2.75, 3.05) is 6.54 Å². The highest BCUT2D eigenvalue weighted by Gasteiger charge is 2.32. The van der Waals surface area contributed by atoms with E-state index in [1.165, 1.54) is 4.57 Å². The Balaban J connectivity index is 1.80. The van der Waals surface area contributed by atoms with Crippen LogP contribution in [-0.2, 0) is 0 Å². The van der Waals surface area contributed by atoms with Crippen LogP contribution in [0.4, 0.5) is 0 Å². The van der Waals surface area contributed by atoms with Crippen LogP contribution in [0.25, 0.3) is 17.1 Å². The van der Waals surface area contributed by atoms with Gasteiger partial charge in [0, 0.05) is 47.5 Å². The molecule has 0 spiro atoms. The fourth-order valence-electron chi connectivity index (χ4n) is 4.47. The van der Waals surface area contributed by atoms with Crippen molar-refractivity contribution in [3.05, 3.63) is 76.8 Å². The van der Waals surface area contributed by atoms with Crippen LogP contribution in [-0.4, -0.2) is 43.2 Å². The molecule has 0 radical (unpaired) electrons. The van der Waals surface area contributed by atoms with Crippen LogP contribution in [0, 0.1) is 6.92 Å². The largest absolute Gasteiger partial charge is 0.503 e. The van der Waals surface area contributed by atoms with Crippen LogP contribution in [0.15, 0.2) is 53.1 Å². The van der Waals surface area contributed by atoms with Crippen molar-refractivity contribution in [1.29, 1.82) is 0 Å². The van der Waals surface area contributed by atoms with Crippen LogP contribution in [0.3, 0.4) is 0 Å². The Hall–Kier alpha value is -4.40. The van der Waals surface area contributed by atoms with Crippen molar-refractivity contribution in [3.8, 4) is 28.7 Å². The second-order valence-electron chi connectivity index (χ2n) is 8.73. The fraction of sp³-hybridized carbons (Fsp3) is 0.286. The molecule has 0 bridgehead atoms. The van der Waals surface area contributed by atoms with Gasteiger partial charge in [0.1, 0.15) is 0 Å². The zero-order valence-corrected chi connectivity index (χ0v) is 21.3. The van der Waals surface area contributed by atoms with E-state index in [1.54, 1.807) is 55.5 Å². The lowest BCUT2D eigenvalue weighted by Gasteiger charge is -2.19. The lowest BCUT2D eigenvalue weighted by atomic mass is 9.92. The Kier molecular flexibility index (Phi) is 7.42. The minimum absolute atomic E-state index is 0.0508. The Bertz CT molecular complexity index is 1410. The number of nitrogens with one attached hydrogen (secondary N) is 1. The lowest BCUT2D eigenvalue weighted by Crippen LogP contribution is -2.22. The van der Waals surface area contributed by atoms with Crippen molar-refractivity contribution in [2.45, 2.75) is 46.5 Å². The summed E-state index contributed by atoms with van der Waals surface area (Å²) in [6.45, 7) is 8.02. The van der Waals surface area contributed by atoms with E-state index in [4.69, 9.17) is 4.52 Å². The van der Waals surface area contributed by atoms with Crippen molar-refractivity contribution < 1.29 is 24.3 Å². The number of rotatable bonds is 9. The number of benzene rings is 2. The predicted molar refractivity (Wildman–Crippen MR) is 138 cm³/mol. The van der Waals surface area contributed by atoms with E-state index in [1.807, 2.05) is 20.8 Å². The molecule has 2 heterocycles. The molecule has 0 unspecified atom stereocenters. The number of hydrogen-bond donors (Lipinski definition) is 3. The molecule has 9 nitrogen and oxygen atoms in total. The maximum atomic E-state index is 13.7. The van der Waals surface area contributed by atoms with E-state index in [9.17, 15) is 19.8 Å². The summed E-state index contributed by atoms with van der Waals surface area (Å²) >= 11 is 0. The first-order valence-electron chi connectivity index (χ1n) is 12.3. The molecule has 1 amide bonds. The van der Waals surface area contributed by atoms with E-state index >= 15 is 0 Å². The molecule has 37 heavy (non-hydrogen) atoms. The number of carbonyl (C=O) groups is 2. The van der Waals surface area contributed by atoms with E-state index in [0.29, 0.717) is 53.6 Å². The van der Waals surface area contributed by atoms with Crippen LogP contribution in [0.5, 0.6) is 11.6 Å². The molecular formula is C28H30N4O5. The Morgan fingerprint density at radius 1 is 0.973 bits per heavy atom. The third-order valence-electron chi connectivity index (χ3n) is 6.41. The van der Waals surface area contributed by atoms with Crippen LogP contribution in [0.1, 0.15) is 77.4 Å². The maximum absolute atomic E-state index is 13.7. The van der Waals surface area contributed by atoms with Crippen LogP contribution < -0.4 is 5.32 Å². The smallest absolute Gasteiger partial charge is 0.251 e. The van der Waals surface area contributed by atoms with Gasteiger partial charge in [-0.15, -0.1) is 0 Å². The highest BCUT2D eigenvalue weighted by atomic mass is 16.5. The van der Waals surface area contributed by atoms with Crippen molar-refractivity contribution >= 4 is 11.7 Å². The summed E-state index contributed by atoms with van der Waals surface area (Å²) < 4.78 is 6.58. The van der Waals surface area contributed by atoms with Gasteiger partial charge >= 0.3 is 0 Å². The van der Waals surface area contributed by atoms with Crippen molar-refractivity contribution in [1.82, 2.24) is 20.0 Å². The molecule has 0 fully saturated rings. The SMILES string of the molecule is CCNC(=O)c1ccc(C(=O)c2c(O)c(O)n(-c3ccc(-c4noc(C)n4)cc3)c2C(CC)CC)cc1. The molecule has 0 aliphatic heterocycles. The minimum atomic E-state index is -0.474. The molecule has 2 aromatic heterocycles. The van der Waals surface area contributed by atoms with Gasteiger partial charge in [-0.05, 0) is 56.2 Å². The van der Waals surface area contributed by atoms with Gasteiger partial charge in [0.15, 0.2) is 11.5 Å². The first-order chi connectivity index (χ1) is 17.8. The second kappa shape index (κ2) is 10.7. The monoisotopic (exact) mass is 502 g/mol. The van der Waals surface area contributed by atoms with Crippen LogP contribution in [0.2, 0.25) is 0 Å². The molecule has 4 rings (SSSR count). The highest BCUT2D eigenvalue weighted by Crippen LogP contribution is 2.44.